The van der Waals surface area contributed by atoms with Gasteiger partial charge in [0, 0.05) is 18.0 Å². The number of benzene rings is 1. The SMILES string of the molecule is COc1ccc(OCc2nc(-c3cccnc3)no2)cc1. The number of pyridine rings is 1. The molecular weight excluding hydrogens is 270 g/mol. The number of rotatable bonds is 5. The lowest BCUT2D eigenvalue weighted by atomic mass is 10.3. The summed E-state index contributed by atoms with van der Waals surface area (Å²) in [5.41, 5.74) is 0.803. The summed E-state index contributed by atoms with van der Waals surface area (Å²) in [5.74, 6) is 2.39. The van der Waals surface area contributed by atoms with Crippen LogP contribution in [-0.2, 0) is 6.61 Å². The summed E-state index contributed by atoms with van der Waals surface area (Å²) >= 11 is 0. The zero-order valence-corrected chi connectivity index (χ0v) is 11.4. The van der Waals surface area contributed by atoms with Crippen LogP contribution in [0.3, 0.4) is 0 Å². The van der Waals surface area contributed by atoms with Crippen molar-refractivity contribution in [3.63, 3.8) is 0 Å². The van der Waals surface area contributed by atoms with Crippen molar-refractivity contribution in [1.82, 2.24) is 15.1 Å². The standard InChI is InChI=1S/C15H13N3O3/c1-19-12-4-6-13(7-5-12)20-10-14-17-15(18-21-14)11-3-2-8-16-9-11/h2-9H,10H2,1H3. The highest BCUT2D eigenvalue weighted by atomic mass is 16.5. The van der Waals surface area contributed by atoms with E-state index in [0.717, 1.165) is 11.3 Å². The van der Waals surface area contributed by atoms with Crippen molar-refractivity contribution < 1.29 is 14.0 Å². The first-order chi connectivity index (χ1) is 10.3. The molecule has 2 heterocycles. The topological polar surface area (TPSA) is 70.3 Å². The van der Waals surface area contributed by atoms with Crippen LogP contribution in [0.15, 0.2) is 53.3 Å². The Hall–Kier alpha value is -2.89. The fourth-order valence-corrected chi connectivity index (χ4v) is 1.74. The second-order valence-corrected chi connectivity index (χ2v) is 4.22. The molecule has 0 spiro atoms. The monoisotopic (exact) mass is 283 g/mol. The summed E-state index contributed by atoms with van der Waals surface area (Å²) in [5, 5.41) is 3.90. The molecule has 21 heavy (non-hydrogen) atoms. The predicted octanol–water partition coefficient (Wildman–Crippen LogP) is 2.72. The van der Waals surface area contributed by atoms with Crippen molar-refractivity contribution in [2.45, 2.75) is 6.61 Å². The normalized spacial score (nSPS) is 10.3. The first kappa shape index (κ1) is 13.1. The summed E-state index contributed by atoms with van der Waals surface area (Å²) in [4.78, 5) is 8.28. The Balaban J connectivity index is 1.64. The van der Waals surface area contributed by atoms with Crippen LogP contribution >= 0.6 is 0 Å². The smallest absolute Gasteiger partial charge is 0.264 e. The fraction of sp³-hybridized carbons (Fsp3) is 0.133. The molecular formula is C15H13N3O3. The zero-order chi connectivity index (χ0) is 14.5. The lowest BCUT2D eigenvalue weighted by molar-refractivity contribution is 0.242. The average Bonchev–Trinajstić information content (AvgIpc) is 3.03. The highest BCUT2D eigenvalue weighted by molar-refractivity contribution is 5.51. The largest absolute Gasteiger partial charge is 0.497 e. The Morgan fingerprint density at radius 1 is 1.10 bits per heavy atom. The van der Waals surface area contributed by atoms with Gasteiger partial charge in [-0.2, -0.15) is 4.98 Å². The Morgan fingerprint density at radius 3 is 2.62 bits per heavy atom. The summed E-state index contributed by atoms with van der Waals surface area (Å²) in [7, 11) is 1.62. The maximum Gasteiger partial charge on any atom is 0.264 e. The minimum Gasteiger partial charge on any atom is -0.497 e. The van der Waals surface area contributed by atoms with Gasteiger partial charge in [-0.1, -0.05) is 5.16 Å². The minimum absolute atomic E-state index is 0.208. The molecule has 0 bridgehead atoms. The highest BCUT2D eigenvalue weighted by Crippen LogP contribution is 2.19. The molecule has 0 aliphatic carbocycles. The van der Waals surface area contributed by atoms with Crippen LogP contribution in [-0.4, -0.2) is 22.2 Å². The van der Waals surface area contributed by atoms with Gasteiger partial charge in [0.15, 0.2) is 6.61 Å². The highest BCUT2D eigenvalue weighted by Gasteiger charge is 2.09. The van der Waals surface area contributed by atoms with Gasteiger partial charge in [-0.05, 0) is 36.4 Å². The van der Waals surface area contributed by atoms with Gasteiger partial charge >= 0.3 is 0 Å². The molecule has 2 aromatic heterocycles. The number of hydrogen-bond donors (Lipinski definition) is 0. The maximum atomic E-state index is 5.57. The summed E-state index contributed by atoms with van der Waals surface area (Å²) in [6.07, 6.45) is 3.37. The number of ether oxygens (including phenoxy) is 2. The third-order valence-electron chi connectivity index (χ3n) is 2.81. The Labute approximate surface area is 121 Å². The molecule has 0 radical (unpaired) electrons. The molecule has 0 aliphatic heterocycles. The van der Waals surface area contributed by atoms with E-state index in [2.05, 4.69) is 15.1 Å². The lowest BCUT2D eigenvalue weighted by Crippen LogP contribution is -1.95. The van der Waals surface area contributed by atoms with Crippen LogP contribution in [0.1, 0.15) is 5.89 Å². The summed E-state index contributed by atoms with van der Waals surface area (Å²) in [6.45, 7) is 0.208. The third kappa shape index (κ3) is 3.17. The molecule has 0 aliphatic rings. The molecule has 6 nitrogen and oxygen atoms in total. The number of nitrogens with zero attached hydrogens (tertiary/aromatic N) is 3. The van der Waals surface area contributed by atoms with E-state index in [-0.39, 0.29) is 6.61 Å². The molecule has 6 heteroatoms. The van der Waals surface area contributed by atoms with Gasteiger partial charge in [0.2, 0.25) is 5.82 Å². The predicted molar refractivity (Wildman–Crippen MR) is 74.9 cm³/mol. The molecule has 3 aromatic rings. The van der Waals surface area contributed by atoms with Crippen molar-refractivity contribution in [1.29, 1.82) is 0 Å². The van der Waals surface area contributed by atoms with Gasteiger partial charge < -0.3 is 14.0 Å². The van der Waals surface area contributed by atoms with Crippen LogP contribution < -0.4 is 9.47 Å². The van der Waals surface area contributed by atoms with E-state index < -0.39 is 0 Å². The number of hydrogen-bond acceptors (Lipinski definition) is 6. The molecule has 0 unspecified atom stereocenters. The second-order valence-electron chi connectivity index (χ2n) is 4.22. The van der Waals surface area contributed by atoms with Crippen molar-refractivity contribution in [3.05, 3.63) is 54.7 Å². The van der Waals surface area contributed by atoms with Crippen LogP contribution in [0.25, 0.3) is 11.4 Å². The van der Waals surface area contributed by atoms with E-state index in [0.29, 0.717) is 17.5 Å². The maximum absolute atomic E-state index is 5.57. The van der Waals surface area contributed by atoms with E-state index in [1.54, 1.807) is 19.5 Å². The van der Waals surface area contributed by atoms with Crippen LogP contribution in [0.5, 0.6) is 11.5 Å². The average molecular weight is 283 g/mol. The zero-order valence-electron chi connectivity index (χ0n) is 11.4. The fourth-order valence-electron chi connectivity index (χ4n) is 1.74. The van der Waals surface area contributed by atoms with Crippen molar-refractivity contribution >= 4 is 0 Å². The van der Waals surface area contributed by atoms with Gasteiger partial charge in [-0.3, -0.25) is 4.98 Å². The van der Waals surface area contributed by atoms with Gasteiger partial charge in [0.05, 0.1) is 7.11 Å². The molecule has 1 aromatic carbocycles. The second kappa shape index (κ2) is 6.04. The molecule has 0 saturated heterocycles. The van der Waals surface area contributed by atoms with Gasteiger partial charge in [0.25, 0.3) is 5.89 Å². The molecule has 3 rings (SSSR count). The van der Waals surface area contributed by atoms with Gasteiger partial charge in [-0.15, -0.1) is 0 Å². The van der Waals surface area contributed by atoms with E-state index in [1.807, 2.05) is 36.4 Å². The van der Waals surface area contributed by atoms with Crippen LogP contribution in [0, 0.1) is 0 Å². The van der Waals surface area contributed by atoms with Crippen molar-refractivity contribution in [3.8, 4) is 22.9 Å². The Morgan fingerprint density at radius 2 is 1.90 bits per heavy atom. The van der Waals surface area contributed by atoms with Crippen LogP contribution in [0.4, 0.5) is 0 Å². The molecule has 0 N–H and O–H groups in total. The minimum atomic E-state index is 0.208. The first-order valence-corrected chi connectivity index (χ1v) is 6.35. The van der Waals surface area contributed by atoms with E-state index >= 15 is 0 Å². The molecule has 0 amide bonds. The van der Waals surface area contributed by atoms with Crippen molar-refractivity contribution in [2.75, 3.05) is 7.11 Å². The Kier molecular flexibility index (Phi) is 3.77. The summed E-state index contributed by atoms with van der Waals surface area (Å²) in [6, 6.07) is 11.0. The lowest BCUT2D eigenvalue weighted by Gasteiger charge is -2.04. The van der Waals surface area contributed by atoms with Crippen molar-refractivity contribution in [2.24, 2.45) is 0 Å². The van der Waals surface area contributed by atoms with E-state index in [9.17, 15) is 0 Å². The molecule has 106 valence electrons. The summed E-state index contributed by atoms with van der Waals surface area (Å²) < 4.78 is 15.8. The Bertz CT molecular complexity index is 696. The molecule has 0 saturated carbocycles. The third-order valence-corrected chi connectivity index (χ3v) is 2.81. The van der Waals surface area contributed by atoms with Gasteiger partial charge in [0.1, 0.15) is 11.5 Å². The number of aromatic nitrogens is 3. The van der Waals surface area contributed by atoms with Gasteiger partial charge in [-0.25, -0.2) is 0 Å². The van der Waals surface area contributed by atoms with E-state index in [1.165, 1.54) is 0 Å². The molecule has 0 atom stereocenters. The quantitative estimate of drug-likeness (QED) is 0.717. The molecule has 0 fully saturated rings. The first-order valence-electron chi connectivity index (χ1n) is 6.35. The number of methoxy groups -OCH3 is 1. The van der Waals surface area contributed by atoms with E-state index in [4.69, 9.17) is 14.0 Å². The van der Waals surface area contributed by atoms with Crippen LogP contribution in [0.2, 0.25) is 0 Å².